The van der Waals surface area contributed by atoms with Gasteiger partial charge >= 0.3 is 5.76 Å². The number of hydrogen-bond acceptors (Lipinski definition) is 5. The maximum Gasteiger partial charge on any atom is 0.434 e. The van der Waals surface area contributed by atoms with Crippen molar-refractivity contribution < 1.29 is 4.42 Å². The number of halogens is 2. The number of anilines is 2. The Hall–Kier alpha value is -2.33. The van der Waals surface area contributed by atoms with Crippen LogP contribution in [0.4, 0.5) is 11.4 Å². The molecule has 4 rings (SSSR count). The van der Waals surface area contributed by atoms with Crippen LogP contribution in [-0.2, 0) is 7.05 Å². The van der Waals surface area contributed by atoms with E-state index in [0.717, 1.165) is 20.3 Å². The van der Waals surface area contributed by atoms with Gasteiger partial charge in [0, 0.05) is 10.6 Å². The van der Waals surface area contributed by atoms with E-state index in [1.165, 1.54) is 0 Å². The number of H-pyrrole nitrogens is 1. The third-order valence-corrected chi connectivity index (χ3v) is 4.72. The summed E-state index contributed by atoms with van der Waals surface area (Å²) in [5.74, 6) is -0.434. The van der Waals surface area contributed by atoms with Crippen LogP contribution in [0.3, 0.4) is 0 Å². The Labute approximate surface area is 160 Å². The molecule has 0 unspecified atom stereocenters. The van der Waals surface area contributed by atoms with Crippen molar-refractivity contribution in [2.24, 2.45) is 7.05 Å². The topological polar surface area (TPSA) is 88.7 Å². The third-order valence-electron chi connectivity index (χ3n) is 3.73. The average molecular weight is 468 g/mol. The minimum atomic E-state index is -0.616. The van der Waals surface area contributed by atoms with Gasteiger partial charge in [-0.2, -0.15) is 0 Å². The lowest BCUT2D eigenvalue weighted by Crippen LogP contribution is -1.96. The molecule has 2 N–H and O–H groups in total. The molecule has 126 valence electrons. The number of benzene rings is 2. The van der Waals surface area contributed by atoms with E-state index in [-0.39, 0.29) is 5.89 Å². The molecule has 0 fully saturated rings. The van der Waals surface area contributed by atoms with Crippen LogP contribution in [0.1, 0.15) is 0 Å². The summed E-state index contributed by atoms with van der Waals surface area (Å²) in [6.45, 7) is 0. The smallest absolute Gasteiger partial charge is 0.388 e. The molecule has 0 amide bonds. The second kappa shape index (κ2) is 6.19. The van der Waals surface area contributed by atoms with Crippen molar-refractivity contribution in [2.75, 3.05) is 5.32 Å². The second-order valence-electron chi connectivity index (χ2n) is 5.41. The lowest BCUT2D eigenvalue weighted by Gasteiger charge is -2.12. The van der Waals surface area contributed by atoms with Crippen LogP contribution in [-0.4, -0.2) is 19.7 Å². The molecular formula is C16H11ClIN5O2. The lowest BCUT2D eigenvalue weighted by molar-refractivity contribution is 0.527. The predicted octanol–water partition coefficient (Wildman–Crippen LogP) is 3.92. The average Bonchev–Trinajstić information content (AvgIpc) is 3.16. The fourth-order valence-electron chi connectivity index (χ4n) is 2.54. The fourth-order valence-corrected chi connectivity index (χ4v) is 3.44. The van der Waals surface area contributed by atoms with Crippen molar-refractivity contribution >= 4 is 56.6 Å². The normalized spacial score (nSPS) is 11.2. The minimum Gasteiger partial charge on any atom is -0.388 e. The summed E-state index contributed by atoms with van der Waals surface area (Å²) in [5, 5.41) is 10.1. The van der Waals surface area contributed by atoms with Crippen molar-refractivity contribution in [2.45, 2.75) is 0 Å². The highest BCUT2D eigenvalue weighted by Crippen LogP contribution is 2.35. The maximum atomic E-state index is 11.3. The van der Waals surface area contributed by atoms with E-state index in [2.05, 4.69) is 43.1 Å². The minimum absolute atomic E-state index is 0.182. The summed E-state index contributed by atoms with van der Waals surface area (Å²) >= 11 is 8.53. The Morgan fingerprint density at radius 3 is 2.84 bits per heavy atom. The maximum absolute atomic E-state index is 11.3. The SMILES string of the molecule is Cn1cnc2cc(-c3n[nH]c(=O)o3)c(Nc3ccc(I)cc3Cl)cc21. The van der Waals surface area contributed by atoms with Gasteiger partial charge in [-0.05, 0) is 52.9 Å². The first-order chi connectivity index (χ1) is 12.0. The van der Waals surface area contributed by atoms with Gasteiger partial charge in [0.05, 0.1) is 39.3 Å². The van der Waals surface area contributed by atoms with E-state index in [4.69, 9.17) is 16.0 Å². The van der Waals surface area contributed by atoms with E-state index in [1.54, 1.807) is 6.33 Å². The first-order valence-electron chi connectivity index (χ1n) is 7.24. The van der Waals surface area contributed by atoms with Crippen LogP contribution < -0.4 is 11.1 Å². The molecule has 0 radical (unpaired) electrons. The van der Waals surface area contributed by atoms with Gasteiger partial charge in [0.25, 0.3) is 5.89 Å². The quantitative estimate of drug-likeness (QED) is 0.446. The third kappa shape index (κ3) is 3.02. The molecule has 0 spiro atoms. The Balaban J connectivity index is 1.90. The molecule has 0 saturated carbocycles. The van der Waals surface area contributed by atoms with E-state index >= 15 is 0 Å². The van der Waals surface area contributed by atoms with Crippen LogP contribution in [0.5, 0.6) is 0 Å². The molecule has 0 bridgehead atoms. The van der Waals surface area contributed by atoms with Gasteiger partial charge in [0.15, 0.2) is 0 Å². The summed E-state index contributed by atoms with van der Waals surface area (Å²) in [4.78, 5) is 15.7. The Bertz CT molecular complexity index is 1150. The van der Waals surface area contributed by atoms with Crippen molar-refractivity contribution in [1.29, 1.82) is 0 Å². The number of aromatic nitrogens is 4. The number of nitrogens with one attached hydrogen (secondary N) is 2. The summed E-state index contributed by atoms with van der Waals surface area (Å²) < 4.78 is 8.06. The molecule has 2 aromatic heterocycles. The number of nitrogens with zero attached hydrogens (tertiary/aromatic N) is 3. The molecule has 0 aliphatic heterocycles. The Kier molecular flexibility index (Phi) is 4.00. The summed E-state index contributed by atoms with van der Waals surface area (Å²) in [6, 6.07) is 9.44. The number of imidazole rings is 1. The molecule has 9 heteroatoms. The molecule has 25 heavy (non-hydrogen) atoms. The van der Waals surface area contributed by atoms with Gasteiger partial charge in [-0.1, -0.05) is 11.6 Å². The zero-order chi connectivity index (χ0) is 17.6. The number of fused-ring (bicyclic) bond motifs is 1. The molecule has 0 aliphatic rings. The molecule has 0 saturated heterocycles. The number of rotatable bonds is 3. The van der Waals surface area contributed by atoms with Crippen LogP contribution in [0.25, 0.3) is 22.5 Å². The Morgan fingerprint density at radius 2 is 2.12 bits per heavy atom. The first kappa shape index (κ1) is 16.2. The van der Waals surface area contributed by atoms with Crippen LogP contribution >= 0.6 is 34.2 Å². The van der Waals surface area contributed by atoms with Gasteiger partial charge in [-0.15, -0.1) is 5.10 Å². The fraction of sp³-hybridized carbons (Fsp3) is 0.0625. The summed E-state index contributed by atoms with van der Waals surface area (Å²) in [6.07, 6.45) is 1.72. The van der Waals surface area contributed by atoms with Crippen molar-refractivity contribution in [3.63, 3.8) is 0 Å². The van der Waals surface area contributed by atoms with Gasteiger partial charge in [-0.25, -0.2) is 14.9 Å². The van der Waals surface area contributed by atoms with Crippen molar-refractivity contribution in [3.05, 3.63) is 55.8 Å². The second-order valence-corrected chi connectivity index (χ2v) is 7.06. The van der Waals surface area contributed by atoms with Gasteiger partial charge < -0.3 is 14.3 Å². The van der Waals surface area contributed by atoms with Crippen LogP contribution in [0, 0.1) is 3.57 Å². The molecule has 2 heterocycles. The number of aryl methyl sites for hydroxylation is 1. The Morgan fingerprint density at radius 1 is 1.28 bits per heavy atom. The zero-order valence-electron chi connectivity index (χ0n) is 12.9. The van der Waals surface area contributed by atoms with E-state index in [9.17, 15) is 4.79 Å². The van der Waals surface area contributed by atoms with Gasteiger partial charge in [0.2, 0.25) is 0 Å². The number of aromatic amines is 1. The highest BCUT2D eigenvalue weighted by atomic mass is 127. The molecule has 2 aromatic carbocycles. The van der Waals surface area contributed by atoms with E-state index in [1.807, 2.05) is 41.9 Å². The molecule has 0 aliphatic carbocycles. The van der Waals surface area contributed by atoms with Gasteiger partial charge in [-0.3, -0.25) is 0 Å². The highest BCUT2D eigenvalue weighted by molar-refractivity contribution is 14.1. The van der Waals surface area contributed by atoms with Crippen LogP contribution in [0.15, 0.2) is 45.9 Å². The first-order valence-corrected chi connectivity index (χ1v) is 8.70. The molecule has 7 nitrogen and oxygen atoms in total. The van der Waals surface area contributed by atoms with Crippen molar-refractivity contribution in [1.82, 2.24) is 19.7 Å². The predicted molar refractivity (Wildman–Crippen MR) is 104 cm³/mol. The van der Waals surface area contributed by atoms with E-state index in [0.29, 0.717) is 16.3 Å². The largest absolute Gasteiger partial charge is 0.434 e. The lowest BCUT2D eigenvalue weighted by atomic mass is 10.1. The van der Waals surface area contributed by atoms with E-state index < -0.39 is 5.76 Å². The molecule has 0 atom stereocenters. The van der Waals surface area contributed by atoms with Crippen molar-refractivity contribution in [3.8, 4) is 11.5 Å². The van der Waals surface area contributed by atoms with Gasteiger partial charge in [0.1, 0.15) is 0 Å². The highest BCUT2D eigenvalue weighted by Gasteiger charge is 2.16. The summed E-state index contributed by atoms with van der Waals surface area (Å²) in [7, 11) is 1.91. The van der Waals surface area contributed by atoms with Crippen LogP contribution in [0.2, 0.25) is 5.02 Å². The molecular weight excluding hydrogens is 457 g/mol. The zero-order valence-corrected chi connectivity index (χ0v) is 15.8. The number of hydrogen-bond donors (Lipinski definition) is 2. The summed E-state index contributed by atoms with van der Waals surface area (Å²) in [5.41, 5.74) is 3.74. The standard InChI is InChI=1S/C16H11ClIN5O2/c1-23-7-19-13-5-9(15-21-22-16(24)25-15)12(6-14(13)23)20-11-3-2-8(18)4-10(11)17/h2-7,20H,1H3,(H,22,24). The monoisotopic (exact) mass is 467 g/mol. The molecule has 4 aromatic rings.